The van der Waals surface area contributed by atoms with Gasteiger partial charge in [0.25, 0.3) is 5.91 Å². The molecule has 0 spiro atoms. The lowest BCUT2D eigenvalue weighted by atomic mass is 10.2. The minimum atomic E-state index is -0.262. The Morgan fingerprint density at radius 1 is 1.57 bits per heavy atom. The van der Waals surface area contributed by atoms with E-state index in [1.54, 1.807) is 14.1 Å². The van der Waals surface area contributed by atoms with Crippen LogP contribution in [0.5, 0.6) is 0 Å². The molecule has 1 aromatic rings. The molecule has 6 heteroatoms. The number of amides is 1. The van der Waals surface area contributed by atoms with Gasteiger partial charge in [-0.25, -0.2) is 10.4 Å². The second-order valence-corrected chi connectivity index (χ2v) is 3.29. The van der Waals surface area contributed by atoms with E-state index in [0.717, 1.165) is 0 Å². The predicted molar refractivity (Wildman–Crippen MR) is 55.4 cm³/mol. The predicted octanol–water partition coefficient (Wildman–Crippen LogP) is 1.59. The fourth-order valence-corrected chi connectivity index (χ4v) is 1.22. The highest BCUT2D eigenvalue weighted by Crippen LogP contribution is 2.23. The molecule has 1 aromatic heterocycles. The third-order valence-electron chi connectivity index (χ3n) is 1.72. The minimum absolute atomic E-state index is 0.127. The second kappa shape index (κ2) is 4.59. The van der Waals surface area contributed by atoms with Crippen LogP contribution in [0.1, 0.15) is 10.4 Å². The number of nitrogens with zero attached hydrogens (tertiary/aromatic N) is 2. The third kappa shape index (κ3) is 2.15. The van der Waals surface area contributed by atoms with Crippen LogP contribution in [0.25, 0.3) is 0 Å². The maximum atomic E-state index is 11.6. The maximum absolute atomic E-state index is 11.6. The quantitative estimate of drug-likeness (QED) is 0.624. The molecule has 0 bridgehead atoms. The van der Waals surface area contributed by atoms with Crippen LogP contribution in [-0.2, 0) is 0 Å². The number of aromatic nitrogens is 1. The summed E-state index contributed by atoms with van der Waals surface area (Å²) in [5.41, 5.74) is 2.99. The Labute approximate surface area is 91.8 Å². The molecule has 1 heterocycles. The summed E-state index contributed by atoms with van der Waals surface area (Å²) in [7, 11) is 3.22. The van der Waals surface area contributed by atoms with Gasteiger partial charge in [0.1, 0.15) is 5.15 Å². The fourth-order valence-electron chi connectivity index (χ4n) is 0.866. The van der Waals surface area contributed by atoms with Gasteiger partial charge in [0.05, 0.1) is 10.6 Å². The van der Waals surface area contributed by atoms with Crippen molar-refractivity contribution in [2.45, 2.75) is 0 Å². The van der Waals surface area contributed by atoms with E-state index >= 15 is 0 Å². The van der Waals surface area contributed by atoms with Crippen LogP contribution in [0, 0.1) is 0 Å². The van der Waals surface area contributed by atoms with E-state index in [9.17, 15) is 4.79 Å². The Bertz CT molecular complexity index is 356. The van der Waals surface area contributed by atoms with E-state index in [0.29, 0.717) is 5.56 Å². The number of hydrogen-bond acceptors (Lipinski definition) is 3. The zero-order chi connectivity index (χ0) is 10.7. The first-order chi connectivity index (χ1) is 6.57. The van der Waals surface area contributed by atoms with Crippen molar-refractivity contribution in [2.24, 2.45) is 0 Å². The van der Waals surface area contributed by atoms with Crippen molar-refractivity contribution in [1.82, 2.24) is 15.4 Å². The average molecular weight is 234 g/mol. The highest BCUT2D eigenvalue weighted by atomic mass is 35.5. The Kier molecular flexibility index (Phi) is 3.69. The van der Waals surface area contributed by atoms with Gasteiger partial charge in [-0.05, 0) is 6.07 Å². The first-order valence-electron chi connectivity index (χ1n) is 3.83. The van der Waals surface area contributed by atoms with E-state index < -0.39 is 0 Å². The van der Waals surface area contributed by atoms with Crippen molar-refractivity contribution in [1.29, 1.82) is 0 Å². The monoisotopic (exact) mass is 233 g/mol. The largest absolute Gasteiger partial charge is 0.277 e. The molecule has 0 aromatic carbocycles. The summed E-state index contributed by atoms with van der Waals surface area (Å²) < 4.78 is 0. The Morgan fingerprint density at radius 3 is 2.79 bits per heavy atom. The molecule has 0 saturated heterocycles. The zero-order valence-corrected chi connectivity index (χ0v) is 9.23. The lowest BCUT2D eigenvalue weighted by Crippen LogP contribution is -2.36. The standard InChI is InChI=1S/C8H9Cl2N3O/c1-11-13(2)8(14)5-3-4-12-7(10)6(5)9/h3-4,11H,1-2H3. The maximum Gasteiger partial charge on any atom is 0.269 e. The normalized spacial score (nSPS) is 10.0. The summed E-state index contributed by atoms with van der Waals surface area (Å²) in [6.45, 7) is 0. The molecule has 0 aliphatic carbocycles. The Hall–Kier alpha value is -0.840. The molecule has 4 nitrogen and oxygen atoms in total. The van der Waals surface area contributed by atoms with E-state index in [-0.39, 0.29) is 16.1 Å². The molecule has 1 amide bonds. The molecule has 0 unspecified atom stereocenters. The van der Waals surface area contributed by atoms with Gasteiger partial charge in [-0.1, -0.05) is 23.2 Å². The topological polar surface area (TPSA) is 45.2 Å². The molecule has 0 radical (unpaired) electrons. The first kappa shape index (κ1) is 11.2. The van der Waals surface area contributed by atoms with Crippen LogP contribution < -0.4 is 5.43 Å². The van der Waals surface area contributed by atoms with Crippen LogP contribution in [0.4, 0.5) is 0 Å². The molecular formula is C8H9Cl2N3O. The summed E-state index contributed by atoms with van der Waals surface area (Å²) >= 11 is 11.5. The van der Waals surface area contributed by atoms with Gasteiger partial charge < -0.3 is 0 Å². The van der Waals surface area contributed by atoms with Gasteiger partial charge in [-0.2, -0.15) is 0 Å². The molecule has 14 heavy (non-hydrogen) atoms. The lowest BCUT2D eigenvalue weighted by Gasteiger charge is -2.15. The van der Waals surface area contributed by atoms with E-state index in [2.05, 4.69) is 10.4 Å². The molecule has 1 rings (SSSR count). The first-order valence-corrected chi connectivity index (χ1v) is 4.59. The van der Waals surface area contributed by atoms with E-state index in [1.807, 2.05) is 0 Å². The highest BCUT2D eigenvalue weighted by Gasteiger charge is 2.16. The average Bonchev–Trinajstić information content (AvgIpc) is 2.20. The summed E-state index contributed by atoms with van der Waals surface area (Å²) in [5, 5.41) is 1.60. The number of carbonyl (C=O) groups is 1. The molecule has 0 atom stereocenters. The summed E-state index contributed by atoms with van der Waals surface area (Å²) in [5.74, 6) is -0.262. The number of nitrogens with one attached hydrogen (secondary N) is 1. The van der Waals surface area contributed by atoms with Gasteiger partial charge in [0.2, 0.25) is 0 Å². The summed E-state index contributed by atoms with van der Waals surface area (Å²) in [6, 6.07) is 1.52. The summed E-state index contributed by atoms with van der Waals surface area (Å²) in [4.78, 5) is 15.4. The molecule has 0 aliphatic rings. The molecule has 1 N–H and O–H groups in total. The smallest absolute Gasteiger partial charge is 0.269 e. The van der Waals surface area contributed by atoms with Crippen LogP contribution in [-0.4, -0.2) is 30.0 Å². The van der Waals surface area contributed by atoms with Crippen molar-refractivity contribution in [3.8, 4) is 0 Å². The van der Waals surface area contributed by atoms with Crippen LogP contribution in [0.3, 0.4) is 0 Å². The van der Waals surface area contributed by atoms with Gasteiger partial charge in [0.15, 0.2) is 0 Å². The van der Waals surface area contributed by atoms with Gasteiger partial charge in [-0.3, -0.25) is 9.80 Å². The number of rotatable bonds is 2. The summed E-state index contributed by atoms with van der Waals surface area (Å²) in [6.07, 6.45) is 1.44. The lowest BCUT2D eigenvalue weighted by molar-refractivity contribution is 0.0735. The van der Waals surface area contributed by atoms with Crippen molar-refractivity contribution in [3.05, 3.63) is 28.0 Å². The number of halogens is 2. The van der Waals surface area contributed by atoms with Crippen molar-refractivity contribution in [2.75, 3.05) is 14.1 Å². The van der Waals surface area contributed by atoms with Crippen LogP contribution >= 0.6 is 23.2 Å². The van der Waals surface area contributed by atoms with E-state index in [4.69, 9.17) is 23.2 Å². The fraction of sp³-hybridized carbons (Fsp3) is 0.250. The SMILES string of the molecule is CNN(C)C(=O)c1ccnc(Cl)c1Cl. The molecular weight excluding hydrogens is 225 g/mol. The number of carbonyl (C=O) groups excluding carboxylic acids is 1. The number of hydrogen-bond donors (Lipinski definition) is 1. The van der Waals surface area contributed by atoms with Gasteiger partial charge >= 0.3 is 0 Å². The van der Waals surface area contributed by atoms with Crippen molar-refractivity contribution in [3.63, 3.8) is 0 Å². The molecule has 0 saturated carbocycles. The number of pyridine rings is 1. The molecule has 0 fully saturated rings. The second-order valence-electron chi connectivity index (χ2n) is 2.55. The van der Waals surface area contributed by atoms with Crippen LogP contribution in [0.2, 0.25) is 10.2 Å². The van der Waals surface area contributed by atoms with Gasteiger partial charge in [0, 0.05) is 20.3 Å². The number of hydrazine groups is 1. The highest BCUT2D eigenvalue weighted by molar-refractivity contribution is 6.43. The molecule has 0 aliphatic heterocycles. The Morgan fingerprint density at radius 2 is 2.21 bits per heavy atom. The van der Waals surface area contributed by atoms with Gasteiger partial charge in [-0.15, -0.1) is 0 Å². The van der Waals surface area contributed by atoms with E-state index in [1.165, 1.54) is 17.3 Å². The van der Waals surface area contributed by atoms with Crippen molar-refractivity contribution < 1.29 is 4.79 Å². The molecule has 76 valence electrons. The van der Waals surface area contributed by atoms with Crippen LogP contribution in [0.15, 0.2) is 12.3 Å². The third-order valence-corrected chi connectivity index (χ3v) is 2.48. The Balaban J connectivity index is 3.07. The minimum Gasteiger partial charge on any atom is -0.277 e. The zero-order valence-electron chi connectivity index (χ0n) is 7.71. The van der Waals surface area contributed by atoms with Crippen molar-refractivity contribution >= 4 is 29.1 Å².